The third-order valence-corrected chi connectivity index (χ3v) is 4.60. The molecule has 1 aliphatic heterocycles. The molecule has 1 saturated heterocycles. The number of esters is 1. The summed E-state index contributed by atoms with van der Waals surface area (Å²) in [5, 5.41) is -0.510. The molecule has 7 heteroatoms. The second-order valence-corrected chi connectivity index (χ2v) is 6.31. The van der Waals surface area contributed by atoms with Crippen molar-refractivity contribution in [1.82, 2.24) is 4.90 Å². The fourth-order valence-corrected chi connectivity index (χ4v) is 3.30. The zero-order chi connectivity index (χ0) is 18.0. The van der Waals surface area contributed by atoms with Crippen LogP contribution in [0.3, 0.4) is 0 Å². The molecule has 1 aromatic carbocycles. The molecule has 2 aromatic rings. The first-order chi connectivity index (χ1) is 12.0. The summed E-state index contributed by atoms with van der Waals surface area (Å²) in [4.78, 5) is 37.2. The smallest absolute Gasteiger partial charge is 0.328 e. The van der Waals surface area contributed by atoms with Gasteiger partial charge in [0.25, 0.3) is 11.1 Å². The molecule has 3 rings (SSSR count). The Morgan fingerprint density at radius 1 is 1.20 bits per heavy atom. The van der Waals surface area contributed by atoms with Crippen molar-refractivity contribution in [2.45, 2.75) is 13.0 Å². The molecule has 2 amide bonds. The largest absolute Gasteiger partial charge is 0.467 e. The second-order valence-electron chi connectivity index (χ2n) is 5.32. The Balaban J connectivity index is 1.83. The van der Waals surface area contributed by atoms with E-state index < -0.39 is 23.2 Å². The van der Waals surface area contributed by atoms with Gasteiger partial charge in [0.05, 0.1) is 12.0 Å². The van der Waals surface area contributed by atoms with Crippen LogP contribution in [0, 0.1) is 0 Å². The van der Waals surface area contributed by atoms with Crippen LogP contribution in [-0.4, -0.2) is 35.2 Å². The van der Waals surface area contributed by atoms with Crippen molar-refractivity contribution in [3.63, 3.8) is 0 Å². The molecule has 128 valence electrons. The minimum atomic E-state index is -0.972. The van der Waals surface area contributed by atoms with Crippen LogP contribution in [0.4, 0.5) is 4.79 Å². The molecule has 0 bridgehead atoms. The van der Waals surface area contributed by atoms with E-state index >= 15 is 0 Å². The number of ether oxygens (including phenoxy) is 1. The number of imide groups is 1. The lowest BCUT2D eigenvalue weighted by Gasteiger charge is -2.18. The van der Waals surface area contributed by atoms with Crippen LogP contribution < -0.4 is 0 Å². The molecular formula is C18H15NO5S. The molecule has 0 unspecified atom stereocenters. The summed E-state index contributed by atoms with van der Waals surface area (Å²) < 4.78 is 10.3. The predicted molar refractivity (Wildman–Crippen MR) is 93.4 cm³/mol. The lowest BCUT2D eigenvalue weighted by atomic mass is 10.2. The summed E-state index contributed by atoms with van der Waals surface area (Å²) in [6.07, 6.45) is 1.50. The Morgan fingerprint density at radius 2 is 1.92 bits per heavy atom. The van der Waals surface area contributed by atoms with Crippen molar-refractivity contribution in [2.75, 3.05) is 7.11 Å². The van der Waals surface area contributed by atoms with E-state index in [9.17, 15) is 14.4 Å². The first kappa shape index (κ1) is 17.0. The van der Waals surface area contributed by atoms with E-state index in [0.717, 1.165) is 22.2 Å². The molecule has 0 saturated carbocycles. The summed E-state index contributed by atoms with van der Waals surface area (Å²) in [6, 6.07) is 12.1. The molecule has 0 N–H and O–H groups in total. The van der Waals surface area contributed by atoms with Gasteiger partial charge in [-0.05, 0) is 30.8 Å². The normalized spacial score (nSPS) is 17.2. The van der Waals surface area contributed by atoms with Gasteiger partial charge in [-0.15, -0.1) is 0 Å². The molecule has 25 heavy (non-hydrogen) atoms. The Hall–Kier alpha value is -2.80. The topological polar surface area (TPSA) is 76.8 Å². The SMILES string of the molecule is COC(=O)[C@H](C)N1C(=O)S/C(=C\c2ccc(-c3ccccc3)o2)C1=O. The van der Waals surface area contributed by atoms with E-state index in [2.05, 4.69) is 4.74 Å². The van der Waals surface area contributed by atoms with Gasteiger partial charge < -0.3 is 9.15 Å². The number of amides is 2. The Morgan fingerprint density at radius 3 is 2.60 bits per heavy atom. The van der Waals surface area contributed by atoms with Crippen molar-refractivity contribution >= 4 is 35.0 Å². The highest BCUT2D eigenvalue weighted by atomic mass is 32.2. The van der Waals surface area contributed by atoms with E-state index in [1.807, 2.05) is 30.3 Å². The summed E-state index contributed by atoms with van der Waals surface area (Å²) in [5.41, 5.74) is 0.912. The number of nitrogens with zero attached hydrogens (tertiary/aromatic N) is 1. The third-order valence-electron chi connectivity index (χ3n) is 3.71. The van der Waals surface area contributed by atoms with Crippen LogP contribution in [0.15, 0.2) is 51.8 Å². The number of methoxy groups -OCH3 is 1. The number of furan rings is 1. The highest BCUT2D eigenvalue weighted by Crippen LogP contribution is 2.34. The fraction of sp³-hybridized carbons (Fsp3) is 0.167. The van der Waals surface area contributed by atoms with Gasteiger partial charge in [0.1, 0.15) is 17.6 Å². The monoisotopic (exact) mass is 357 g/mol. The molecule has 2 heterocycles. The summed E-state index contributed by atoms with van der Waals surface area (Å²) >= 11 is 0.769. The highest BCUT2D eigenvalue weighted by Gasteiger charge is 2.41. The standard InChI is InChI=1S/C18H15NO5S/c1-11(17(21)23-2)19-16(20)15(25-18(19)22)10-13-8-9-14(24-13)12-6-4-3-5-7-12/h3-11H,1-2H3/b15-10-/t11-/m0/s1. The fourth-order valence-electron chi connectivity index (χ4n) is 2.41. The number of rotatable bonds is 4. The van der Waals surface area contributed by atoms with Gasteiger partial charge in [0.15, 0.2) is 0 Å². The Bertz CT molecular complexity index is 855. The van der Waals surface area contributed by atoms with E-state index in [4.69, 9.17) is 4.42 Å². The summed E-state index contributed by atoms with van der Waals surface area (Å²) in [6.45, 7) is 1.45. The molecular weight excluding hydrogens is 342 g/mol. The first-order valence-electron chi connectivity index (χ1n) is 7.51. The number of carbonyl (C=O) groups excluding carboxylic acids is 3. The molecule has 0 aliphatic carbocycles. The quantitative estimate of drug-likeness (QED) is 0.615. The second kappa shape index (κ2) is 6.98. The molecule has 6 nitrogen and oxygen atoms in total. The Kier molecular flexibility index (Phi) is 4.76. The zero-order valence-electron chi connectivity index (χ0n) is 13.6. The van der Waals surface area contributed by atoms with Gasteiger partial charge >= 0.3 is 5.97 Å². The lowest BCUT2D eigenvalue weighted by Crippen LogP contribution is -2.42. The number of benzene rings is 1. The highest BCUT2D eigenvalue weighted by molar-refractivity contribution is 8.18. The lowest BCUT2D eigenvalue weighted by molar-refractivity contribution is -0.148. The van der Waals surface area contributed by atoms with E-state index in [-0.39, 0.29) is 4.91 Å². The number of hydrogen-bond donors (Lipinski definition) is 0. The first-order valence-corrected chi connectivity index (χ1v) is 8.33. The van der Waals surface area contributed by atoms with E-state index in [1.165, 1.54) is 20.1 Å². The van der Waals surface area contributed by atoms with Crippen LogP contribution in [-0.2, 0) is 14.3 Å². The zero-order valence-corrected chi connectivity index (χ0v) is 14.4. The predicted octanol–water partition coefficient (Wildman–Crippen LogP) is 3.54. The summed E-state index contributed by atoms with van der Waals surface area (Å²) in [7, 11) is 1.21. The molecule has 0 spiro atoms. The van der Waals surface area contributed by atoms with Gasteiger partial charge in [0, 0.05) is 11.6 Å². The average Bonchev–Trinajstić information content (AvgIpc) is 3.19. The summed E-state index contributed by atoms with van der Waals surface area (Å²) in [5.74, 6) is -0.0671. The van der Waals surface area contributed by atoms with Crippen LogP contribution >= 0.6 is 11.8 Å². The Labute approximate surface area is 148 Å². The minimum absolute atomic E-state index is 0.203. The van der Waals surface area contributed by atoms with Gasteiger partial charge in [-0.25, -0.2) is 4.79 Å². The van der Waals surface area contributed by atoms with Gasteiger partial charge in [-0.2, -0.15) is 0 Å². The van der Waals surface area contributed by atoms with Gasteiger partial charge in [-0.3, -0.25) is 14.5 Å². The van der Waals surface area contributed by atoms with Crippen LogP contribution in [0.2, 0.25) is 0 Å². The molecule has 1 atom stereocenters. The van der Waals surface area contributed by atoms with Crippen molar-refractivity contribution in [2.24, 2.45) is 0 Å². The maximum atomic E-state index is 12.4. The van der Waals surface area contributed by atoms with Crippen molar-refractivity contribution in [3.8, 4) is 11.3 Å². The van der Waals surface area contributed by atoms with Crippen molar-refractivity contribution < 1.29 is 23.5 Å². The average molecular weight is 357 g/mol. The number of thioether (sulfide) groups is 1. The molecule has 1 fully saturated rings. The molecule has 1 aromatic heterocycles. The van der Waals surface area contributed by atoms with Crippen molar-refractivity contribution in [3.05, 3.63) is 53.1 Å². The number of hydrogen-bond acceptors (Lipinski definition) is 6. The third kappa shape index (κ3) is 3.36. The number of carbonyl (C=O) groups is 3. The molecule has 0 radical (unpaired) electrons. The van der Waals surface area contributed by atoms with Crippen molar-refractivity contribution in [1.29, 1.82) is 0 Å². The van der Waals surface area contributed by atoms with Gasteiger partial charge in [0.2, 0.25) is 0 Å². The van der Waals surface area contributed by atoms with Crippen LogP contribution in [0.5, 0.6) is 0 Å². The maximum Gasteiger partial charge on any atom is 0.328 e. The van der Waals surface area contributed by atoms with E-state index in [0.29, 0.717) is 11.5 Å². The van der Waals surface area contributed by atoms with Crippen LogP contribution in [0.25, 0.3) is 17.4 Å². The maximum absolute atomic E-state index is 12.4. The van der Waals surface area contributed by atoms with Crippen LogP contribution in [0.1, 0.15) is 12.7 Å². The van der Waals surface area contributed by atoms with Gasteiger partial charge in [-0.1, -0.05) is 30.3 Å². The molecule has 1 aliphatic rings. The van der Waals surface area contributed by atoms with E-state index in [1.54, 1.807) is 12.1 Å². The minimum Gasteiger partial charge on any atom is -0.467 e.